The van der Waals surface area contributed by atoms with Crippen molar-refractivity contribution < 1.29 is 18.3 Å². The first kappa shape index (κ1) is 15.5. The third kappa shape index (κ3) is 3.81. The summed E-state index contributed by atoms with van der Waals surface area (Å²) in [6.45, 7) is -0.320. The first-order valence-electron chi connectivity index (χ1n) is 6.39. The number of ether oxygens (including phenoxy) is 1. The Bertz CT molecular complexity index is 669. The Balaban J connectivity index is 2.22. The maximum absolute atomic E-state index is 12.3. The van der Waals surface area contributed by atoms with Crippen LogP contribution in [0.4, 0.5) is 0 Å². The highest BCUT2D eigenvalue weighted by atomic mass is 32.2. The molecule has 6 heteroatoms. The summed E-state index contributed by atoms with van der Waals surface area (Å²) in [5.74, 6) is 0.579. The standard InChI is InChI=1S/C15H17NO4S/c1-20-13-7-9-14(10-8-13)21(18,19)16-15(11-17)12-5-3-2-4-6-12/h2-10,15-17H,11H2,1H3. The summed E-state index contributed by atoms with van der Waals surface area (Å²) in [6, 6.07) is 14.3. The Hall–Kier alpha value is -1.89. The smallest absolute Gasteiger partial charge is 0.241 e. The lowest BCUT2D eigenvalue weighted by Crippen LogP contribution is -2.30. The molecule has 2 rings (SSSR count). The van der Waals surface area contributed by atoms with Crippen LogP contribution in [0.25, 0.3) is 0 Å². The summed E-state index contributed by atoms with van der Waals surface area (Å²) in [7, 11) is -2.20. The Kier molecular flexibility index (Phi) is 4.95. The second kappa shape index (κ2) is 6.71. The maximum atomic E-state index is 12.3. The maximum Gasteiger partial charge on any atom is 0.241 e. The molecule has 0 heterocycles. The van der Waals surface area contributed by atoms with Crippen molar-refractivity contribution in [3.8, 4) is 5.75 Å². The molecule has 0 spiro atoms. The van der Waals surface area contributed by atoms with Gasteiger partial charge < -0.3 is 9.84 Å². The Labute approximate surface area is 124 Å². The third-order valence-electron chi connectivity index (χ3n) is 3.05. The molecule has 0 aliphatic rings. The van der Waals surface area contributed by atoms with E-state index in [1.54, 1.807) is 36.4 Å². The molecule has 2 aromatic carbocycles. The van der Waals surface area contributed by atoms with Gasteiger partial charge in [0.25, 0.3) is 0 Å². The van der Waals surface area contributed by atoms with Crippen LogP contribution in [0, 0.1) is 0 Å². The zero-order valence-corrected chi connectivity index (χ0v) is 12.4. The van der Waals surface area contributed by atoms with Gasteiger partial charge in [0.05, 0.1) is 24.7 Å². The molecule has 0 fully saturated rings. The van der Waals surface area contributed by atoms with Crippen LogP contribution in [-0.4, -0.2) is 27.2 Å². The fourth-order valence-electron chi connectivity index (χ4n) is 1.91. The van der Waals surface area contributed by atoms with Crippen LogP contribution >= 0.6 is 0 Å². The van der Waals surface area contributed by atoms with Crippen molar-refractivity contribution in [2.45, 2.75) is 10.9 Å². The summed E-state index contributed by atoms with van der Waals surface area (Å²) >= 11 is 0. The summed E-state index contributed by atoms with van der Waals surface area (Å²) < 4.78 is 32.1. The number of aliphatic hydroxyl groups excluding tert-OH is 1. The molecule has 0 saturated heterocycles. The molecular weight excluding hydrogens is 290 g/mol. The summed E-state index contributed by atoms with van der Waals surface area (Å²) in [4.78, 5) is 0.123. The predicted octanol–water partition coefficient (Wildman–Crippen LogP) is 1.71. The van der Waals surface area contributed by atoms with Gasteiger partial charge in [-0.1, -0.05) is 30.3 Å². The second-order valence-electron chi connectivity index (χ2n) is 4.44. The molecule has 5 nitrogen and oxygen atoms in total. The SMILES string of the molecule is COc1ccc(S(=O)(=O)NC(CO)c2ccccc2)cc1. The molecule has 1 atom stereocenters. The average molecular weight is 307 g/mol. The lowest BCUT2D eigenvalue weighted by molar-refractivity contribution is 0.259. The van der Waals surface area contributed by atoms with Crippen LogP contribution in [0.3, 0.4) is 0 Å². The largest absolute Gasteiger partial charge is 0.497 e. The molecule has 0 bridgehead atoms. The van der Waals surface area contributed by atoms with Gasteiger partial charge in [-0.05, 0) is 29.8 Å². The Morgan fingerprint density at radius 2 is 1.71 bits per heavy atom. The quantitative estimate of drug-likeness (QED) is 0.852. The van der Waals surface area contributed by atoms with Crippen molar-refractivity contribution in [2.24, 2.45) is 0 Å². The van der Waals surface area contributed by atoms with Crippen molar-refractivity contribution in [1.82, 2.24) is 4.72 Å². The number of hydrogen-bond acceptors (Lipinski definition) is 4. The lowest BCUT2D eigenvalue weighted by atomic mass is 10.1. The van der Waals surface area contributed by atoms with Crippen LogP contribution in [0.15, 0.2) is 59.5 Å². The van der Waals surface area contributed by atoms with E-state index in [1.165, 1.54) is 19.2 Å². The monoisotopic (exact) mass is 307 g/mol. The predicted molar refractivity (Wildman–Crippen MR) is 79.6 cm³/mol. The van der Waals surface area contributed by atoms with Gasteiger partial charge in [0.15, 0.2) is 0 Å². The van der Waals surface area contributed by atoms with Crippen molar-refractivity contribution >= 4 is 10.0 Å². The van der Waals surface area contributed by atoms with Crippen LogP contribution in [0.2, 0.25) is 0 Å². The topological polar surface area (TPSA) is 75.6 Å². The van der Waals surface area contributed by atoms with Crippen LogP contribution < -0.4 is 9.46 Å². The van der Waals surface area contributed by atoms with E-state index in [-0.39, 0.29) is 11.5 Å². The van der Waals surface area contributed by atoms with E-state index in [2.05, 4.69) is 4.72 Å². The van der Waals surface area contributed by atoms with Crippen LogP contribution in [0.1, 0.15) is 11.6 Å². The summed E-state index contributed by atoms with van der Waals surface area (Å²) in [6.07, 6.45) is 0. The minimum Gasteiger partial charge on any atom is -0.497 e. The molecule has 2 aromatic rings. The van der Waals surface area contributed by atoms with Gasteiger partial charge in [-0.25, -0.2) is 13.1 Å². The highest BCUT2D eigenvalue weighted by molar-refractivity contribution is 7.89. The highest BCUT2D eigenvalue weighted by Gasteiger charge is 2.20. The van der Waals surface area contributed by atoms with Crippen LogP contribution in [0.5, 0.6) is 5.75 Å². The number of nitrogens with one attached hydrogen (secondary N) is 1. The van der Waals surface area contributed by atoms with Crippen molar-refractivity contribution in [3.05, 3.63) is 60.2 Å². The van der Waals surface area contributed by atoms with Gasteiger partial charge in [-0.15, -0.1) is 0 Å². The number of sulfonamides is 1. The van der Waals surface area contributed by atoms with Gasteiger partial charge in [-0.2, -0.15) is 0 Å². The van der Waals surface area contributed by atoms with E-state index >= 15 is 0 Å². The minimum atomic E-state index is -3.71. The molecule has 112 valence electrons. The molecule has 0 amide bonds. The van der Waals surface area contributed by atoms with Crippen LogP contribution in [-0.2, 0) is 10.0 Å². The first-order chi connectivity index (χ1) is 10.1. The molecule has 2 N–H and O–H groups in total. The zero-order valence-electron chi connectivity index (χ0n) is 11.6. The fourth-order valence-corrected chi connectivity index (χ4v) is 3.12. The normalized spacial score (nSPS) is 12.9. The van der Waals surface area contributed by atoms with E-state index in [0.29, 0.717) is 11.3 Å². The molecule has 1 unspecified atom stereocenters. The number of hydrogen-bond donors (Lipinski definition) is 2. The number of methoxy groups -OCH3 is 1. The summed E-state index contributed by atoms with van der Waals surface area (Å²) in [5.41, 5.74) is 0.706. The molecule has 21 heavy (non-hydrogen) atoms. The van der Waals surface area contributed by atoms with E-state index in [0.717, 1.165) is 0 Å². The summed E-state index contributed by atoms with van der Waals surface area (Å²) in [5, 5.41) is 9.42. The Morgan fingerprint density at radius 3 is 2.24 bits per heavy atom. The lowest BCUT2D eigenvalue weighted by Gasteiger charge is -2.17. The van der Waals surface area contributed by atoms with Gasteiger partial charge in [-0.3, -0.25) is 0 Å². The molecule has 0 radical (unpaired) electrons. The van der Waals surface area contributed by atoms with E-state index in [4.69, 9.17) is 4.74 Å². The van der Waals surface area contributed by atoms with Gasteiger partial charge in [0.2, 0.25) is 10.0 Å². The minimum absolute atomic E-state index is 0.123. The molecule has 0 aliphatic heterocycles. The van der Waals surface area contributed by atoms with Crippen molar-refractivity contribution in [3.63, 3.8) is 0 Å². The molecule has 0 aliphatic carbocycles. The van der Waals surface area contributed by atoms with E-state index in [9.17, 15) is 13.5 Å². The van der Waals surface area contributed by atoms with Gasteiger partial charge >= 0.3 is 0 Å². The van der Waals surface area contributed by atoms with Crippen molar-refractivity contribution in [1.29, 1.82) is 0 Å². The molecule has 0 aromatic heterocycles. The van der Waals surface area contributed by atoms with Gasteiger partial charge in [0, 0.05) is 0 Å². The average Bonchev–Trinajstić information content (AvgIpc) is 2.53. The highest BCUT2D eigenvalue weighted by Crippen LogP contribution is 2.19. The third-order valence-corrected chi connectivity index (χ3v) is 4.54. The second-order valence-corrected chi connectivity index (χ2v) is 6.16. The number of aliphatic hydroxyl groups is 1. The molecule has 0 saturated carbocycles. The Morgan fingerprint density at radius 1 is 1.10 bits per heavy atom. The zero-order chi connectivity index (χ0) is 15.3. The number of benzene rings is 2. The first-order valence-corrected chi connectivity index (χ1v) is 7.87. The fraction of sp³-hybridized carbons (Fsp3) is 0.200. The van der Waals surface area contributed by atoms with Crippen molar-refractivity contribution in [2.75, 3.05) is 13.7 Å². The van der Waals surface area contributed by atoms with Gasteiger partial charge in [0.1, 0.15) is 5.75 Å². The van der Waals surface area contributed by atoms with E-state index in [1.807, 2.05) is 6.07 Å². The van der Waals surface area contributed by atoms with E-state index < -0.39 is 16.1 Å². The number of rotatable bonds is 6. The molecular formula is C15H17NO4S.